The first-order valence-electron chi connectivity index (χ1n) is 5.11. The van der Waals surface area contributed by atoms with Crippen molar-refractivity contribution in [3.63, 3.8) is 0 Å². The molecule has 0 saturated heterocycles. The highest BCUT2D eigenvalue weighted by Crippen LogP contribution is 2.36. The predicted molar refractivity (Wildman–Crippen MR) is 74.9 cm³/mol. The van der Waals surface area contributed by atoms with Crippen LogP contribution in [-0.4, -0.2) is 0 Å². The van der Waals surface area contributed by atoms with Gasteiger partial charge in [0.25, 0.3) is 0 Å². The smallest absolute Gasteiger partial charge is 0.0548 e. The first-order valence-corrected chi connectivity index (χ1v) is 6.69. The standard InChI is InChI=1S/C13H11Cl2NS/c14-10-4-2-5-11(7-10)17-13-9(8-16)3-1-6-12(13)15/h1-7H,8,16H2. The lowest BCUT2D eigenvalue weighted by molar-refractivity contribution is 1.03. The summed E-state index contributed by atoms with van der Waals surface area (Å²) in [6, 6.07) is 13.4. The first-order chi connectivity index (χ1) is 8.20. The first kappa shape index (κ1) is 12.8. The van der Waals surface area contributed by atoms with Crippen LogP contribution in [0.2, 0.25) is 10.0 Å². The van der Waals surface area contributed by atoms with Gasteiger partial charge in [0, 0.05) is 21.4 Å². The number of rotatable bonds is 3. The molecule has 0 bridgehead atoms. The highest BCUT2D eigenvalue weighted by atomic mass is 35.5. The van der Waals surface area contributed by atoms with Gasteiger partial charge in [0.05, 0.1) is 5.02 Å². The average molecular weight is 284 g/mol. The van der Waals surface area contributed by atoms with Crippen molar-refractivity contribution in [2.45, 2.75) is 16.3 Å². The van der Waals surface area contributed by atoms with E-state index in [-0.39, 0.29) is 0 Å². The fourth-order valence-corrected chi connectivity index (χ4v) is 3.06. The number of benzene rings is 2. The van der Waals surface area contributed by atoms with Crippen LogP contribution in [0.15, 0.2) is 52.3 Å². The lowest BCUT2D eigenvalue weighted by Gasteiger charge is -2.09. The van der Waals surface area contributed by atoms with Gasteiger partial charge in [0.2, 0.25) is 0 Å². The Hall–Kier alpha value is -0.670. The zero-order valence-corrected chi connectivity index (χ0v) is 11.3. The zero-order chi connectivity index (χ0) is 12.3. The van der Waals surface area contributed by atoms with Crippen molar-refractivity contribution in [3.05, 3.63) is 58.1 Å². The van der Waals surface area contributed by atoms with Gasteiger partial charge in [-0.05, 0) is 29.8 Å². The maximum Gasteiger partial charge on any atom is 0.0548 e. The van der Waals surface area contributed by atoms with E-state index in [1.165, 1.54) is 0 Å². The molecule has 0 aliphatic heterocycles. The summed E-state index contributed by atoms with van der Waals surface area (Å²) in [4.78, 5) is 2.05. The molecule has 0 amide bonds. The van der Waals surface area contributed by atoms with Crippen LogP contribution in [0.25, 0.3) is 0 Å². The van der Waals surface area contributed by atoms with Crippen LogP contribution < -0.4 is 5.73 Å². The van der Waals surface area contributed by atoms with Crippen LogP contribution >= 0.6 is 35.0 Å². The SMILES string of the molecule is NCc1cccc(Cl)c1Sc1cccc(Cl)c1. The second kappa shape index (κ2) is 5.78. The second-order valence-electron chi connectivity index (χ2n) is 3.49. The summed E-state index contributed by atoms with van der Waals surface area (Å²) in [7, 11) is 0. The van der Waals surface area contributed by atoms with Gasteiger partial charge >= 0.3 is 0 Å². The van der Waals surface area contributed by atoms with E-state index < -0.39 is 0 Å². The molecule has 0 aliphatic carbocycles. The Balaban J connectivity index is 2.35. The van der Waals surface area contributed by atoms with E-state index >= 15 is 0 Å². The van der Waals surface area contributed by atoms with E-state index in [4.69, 9.17) is 28.9 Å². The molecule has 4 heteroatoms. The van der Waals surface area contributed by atoms with Crippen molar-refractivity contribution in [1.82, 2.24) is 0 Å². The van der Waals surface area contributed by atoms with Crippen LogP contribution in [0, 0.1) is 0 Å². The molecule has 0 heterocycles. The van der Waals surface area contributed by atoms with Crippen molar-refractivity contribution < 1.29 is 0 Å². The minimum Gasteiger partial charge on any atom is -0.326 e. The highest BCUT2D eigenvalue weighted by Gasteiger charge is 2.07. The van der Waals surface area contributed by atoms with Gasteiger partial charge in [-0.1, -0.05) is 53.2 Å². The van der Waals surface area contributed by atoms with Crippen molar-refractivity contribution in [2.75, 3.05) is 0 Å². The molecule has 0 aromatic heterocycles. The van der Waals surface area contributed by atoms with E-state index in [2.05, 4.69) is 0 Å². The molecule has 0 atom stereocenters. The van der Waals surface area contributed by atoms with E-state index in [9.17, 15) is 0 Å². The fourth-order valence-electron chi connectivity index (χ4n) is 1.48. The molecule has 0 fully saturated rings. The maximum atomic E-state index is 6.19. The Bertz CT molecular complexity index is 529. The Morgan fingerprint density at radius 2 is 1.82 bits per heavy atom. The molecule has 0 saturated carbocycles. The van der Waals surface area contributed by atoms with Gasteiger partial charge in [0.15, 0.2) is 0 Å². The van der Waals surface area contributed by atoms with Crippen molar-refractivity contribution in [1.29, 1.82) is 0 Å². The molecule has 0 unspecified atom stereocenters. The number of hydrogen-bond acceptors (Lipinski definition) is 2. The van der Waals surface area contributed by atoms with Gasteiger partial charge in [-0.25, -0.2) is 0 Å². The van der Waals surface area contributed by atoms with E-state index in [0.717, 1.165) is 25.4 Å². The topological polar surface area (TPSA) is 26.0 Å². The predicted octanol–water partition coefficient (Wildman–Crippen LogP) is 4.60. The number of halogens is 2. The van der Waals surface area contributed by atoms with Crippen LogP contribution in [0.4, 0.5) is 0 Å². The van der Waals surface area contributed by atoms with E-state index in [1.807, 2.05) is 42.5 Å². The van der Waals surface area contributed by atoms with Crippen molar-refractivity contribution >= 4 is 35.0 Å². The summed E-state index contributed by atoms with van der Waals surface area (Å²) in [5.74, 6) is 0. The van der Waals surface area contributed by atoms with Crippen LogP contribution in [-0.2, 0) is 6.54 Å². The molecule has 2 aromatic rings. The second-order valence-corrected chi connectivity index (χ2v) is 5.42. The number of hydrogen-bond donors (Lipinski definition) is 1. The summed E-state index contributed by atoms with van der Waals surface area (Å²) in [5, 5.41) is 1.44. The molecule has 2 aromatic carbocycles. The molecule has 17 heavy (non-hydrogen) atoms. The third kappa shape index (κ3) is 3.17. The molecule has 2 rings (SSSR count). The average Bonchev–Trinajstić information content (AvgIpc) is 2.32. The van der Waals surface area contributed by atoms with Gasteiger partial charge in [-0.15, -0.1) is 0 Å². The quantitative estimate of drug-likeness (QED) is 0.891. The molecule has 0 aliphatic rings. The fraction of sp³-hybridized carbons (Fsp3) is 0.0769. The molecule has 2 N–H and O–H groups in total. The zero-order valence-electron chi connectivity index (χ0n) is 8.99. The number of nitrogens with two attached hydrogens (primary N) is 1. The van der Waals surface area contributed by atoms with Crippen LogP contribution in [0.3, 0.4) is 0 Å². The molecular formula is C13H11Cl2NS. The Kier molecular flexibility index (Phi) is 4.35. The summed E-state index contributed by atoms with van der Waals surface area (Å²) in [6.07, 6.45) is 0. The van der Waals surface area contributed by atoms with Gasteiger partial charge in [0.1, 0.15) is 0 Å². The van der Waals surface area contributed by atoms with Crippen molar-refractivity contribution in [3.8, 4) is 0 Å². The molecular weight excluding hydrogens is 273 g/mol. The van der Waals surface area contributed by atoms with Gasteiger partial charge in [-0.2, -0.15) is 0 Å². The third-order valence-corrected chi connectivity index (χ3v) is 4.12. The summed E-state index contributed by atoms with van der Waals surface area (Å²) < 4.78 is 0. The largest absolute Gasteiger partial charge is 0.326 e. The summed E-state index contributed by atoms with van der Waals surface area (Å²) >= 11 is 13.7. The minimum atomic E-state index is 0.476. The normalized spacial score (nSPS) is 10.5. The molecule has 1 nitrogen and oxygen atoms in total. The lowest BCUT2D eigenvalue weighted by Crippen LogP contribution is -1.98. The van der Waals surface area contributed by atoms with E-state index in [1.54, 1.807) is 11.8 Å². The van der Waals surface area contributed by atoms with Crippen molar-refractivity contribution in [2.24, 2.45) is 5.73 Å². The van der Waals surface area contributed by atoms with Gasteiger partial charge in [-0.3, -0.25) is 0 Å². The molecule has 0 spiro atoms. The Morgan fingerprint density at radius 1 is 1.06 bits per heavy atom. The summed E-state index contributed by atoms with van der Waals surface area (Å²) in [5.41, 5.74) is 6.75. The monoisotopic (exact) mass is 283 g/mol. The molecule has 88 valence electrons. The highest BCUT2D eigenvalue weighted by molar-refractivity contribution is 7.99. The third-order valence-electron chi connectivity index (χ3n) is 2.28. The van der Waals surface area contributed by atoms with Gasteiger partial charge < -0.3 is 5.73 Å². The minimum absolute atomic E-state index is 0.476. The van der Waals surface area contributed by atoms with E-state index in [0.29, 0.717) is 6.54 Å². The van der Waals surface area contributed by atoms with Crippen LogP contribution in [0.1, 0.15) is 5.56 Å². The van der Waals surface area contributed by atoms with Crippen LogP contribution in [0.5, 0.6) is 0 Å². The summed E-state index contributed by atoms with van der Waals surface area (Å²) in [6.45, 7) is 0.476. The Labute approximate surface area is 115 Å². The maximum absolute atomic E-state index is 6.19. The molecule has 0 radical (unpaired) electrons. The Morgan fingerprint density at radius 3 is 2.53 bits per heavy atom. The lowest BCUT2D eigenvalue weighted by atomic mass is 10.2.